The summed E-state index contributed by atoms with van der Waals surface area (Å²) in [4.78, 5) is 1.70. The van der Waals surface area contributed by atoms with E-state index in [0.717, 1.165) is 12.1 Å². The van der Waals surface area contributed by atoms with E-state index in [1.54, 1.807) is 18.9 Å². The molecule has 1 atom stereocenters. The maximum atomic E-state index is 12.3. The number of hydrogen-bond donors (Lipinski definition) is 1. The molecule has 90 valence electrons. The van der Waals surface area contributed by atoms with Crippen LogP contribution in [0.25, 0.3) is 0 Å². The second-order valence-electron chi connectivity index (χ2n) is 3.77. The summed E-state index contributed by atoms with van der Waals surface area (Å²) in [6, 6.07) is 4.86. The maximum Gasteiger partial charge on any atom is 0.416 e. The molecule has 0 aliphatic rings. The fraction of sp³-hybridized carbons (Fsp3) is 0.455. The fourth-order valence-corrected chi connectivity index (χ4v) is 1.41. The van der Waals surface area contributed by atoms with Crippen LogP contribution in [0.3, 0.4) is 0 Å². The van der Waals surface area contributed by atoms with Gasteiger partial charge in [0.25, 0.3) is 0 Å². The van der Waals surface area contributed by atoms with Crippen molar-refractivity contribution in [2.75, 3.05) is 18.5 Å². The lowest BCUT2D eigenvalue weighted by molar-refractivity contribution is -0.137. The van der Waals surface area contributed by atoms with Crippen LogP contribution in [-0.2, 0) is 6.18 Å². The van der Waals surface area contributed by atoms with Crippen molar-refractivity contribution in [3.8, 4) is 0 Å². The van der Waals surface area contributed by atoms with Gasteiger partial charge >= 0.3 is 6.18 Å². The van der Waals surface area contributed by atoms with Crippen molar-refractivity contribution < 1.29 is 18.3 Å². The molecule has 1 N–H and O–H groups in total. The molecule has 5 heteroatoms. The summed E-state index contributed by atoms with van der Waals surface area (Å²) in [5, 5.41) is 9.15. The third-order valence-electron chi connectivity index (χ3n) is 2.17. The van der Waals surface area contributed by atoms with E-state index in [9.17, 15) is 13.2 Å². The molecule has 2 nitrogen and oxygen atoms in total. The van der Waals surface area contributed by atoms with Crippen LogP contribution >= 0.6 is 0 Å². The van der Waals surface area contributed by atoms with Gasteiger partial charge in [-0.3, -0.25) is 0 Å². The average Bonchev–Trinajstić information content (AvgIpc) is 2.15. The van der Waals surface area contributed by atoms with Crippen LogP contribution in [0, 0.1) is 0 Å². The first-order valence-electron chi connectivity index (χ1n) is 4.87. The molecule has 0 saturated carbocycles. The predicted octanol–water partition coefficient (Wildman–Crippen LogP) is 2.52. The minimum absolute atomic E-state index is 0.380. The van der Waals surface area contributed by atoms with Crippen molar-refractivity contribution in [3.05, 3.63) is 29.8 Å². The highest BCUT2D eigenvalue weighted by atomic mass is 19.4. The van der Waals surface area contributed by atoms with Crippen LogP contribution in [0.4, 0.5) is 18.9 Å². The van der Waals surface area contributed by atoms with Gasteiger partial charge in [-0.2, -0.15) is 13.2 Å². The molecule has 1 aromatic carbocycles. The van der Waals surface area contributed by atoms with E-state index in [0.29, 0.717) is 12.2 Å². The first-order valence-corrected chi connectivity index (χ1v) is 4.87. The predicted molar refractivity (Wildman–Crippen MR) is 56.4 cm³/mol. The standard InChI is InChI=1S/C11H14F3NO/c1-8(16)7-15(2)10-5-3-9(4-6-10)11(12,13)14/h3-6,8,16H,7H2,1-2H3. The van der Waals surface area contributed by atoms with E-state index in [4.69, 9.17) is 5.11 Å². The number of nitrogens with zero attached hydrogens (tertiary/aromatic N) is 1. The Bertz CT molecular complexity index is 332. The van der Waals surface area contributed by atoms with Crippen LogP contribution in [0.5, 0.6) is 0 Å². The number of anilines is 1. The monoisotopic (exact) mass is 233 g/mol. The molecule has 0 fully saturated rings. The lowest BCUT2D eigenvalue weighted by atomic mass is 10.2. The molecule has 16 heavy (non-hydrogen) atoms. The molecular weight excluding hydrogens is 219 g/mol. The van der Waals surface area contributed by atoms with E-state index >= 15 is 0 Å². The Balaban J connectivity index is 2.79. The second-order valence-corrected chi connectivity index (χ2v) is 3.77. The van der Waals surface area contributed by atoms with Crippen molar-refractivity contribution in [1.82, 2.24) is 0 Å². The maximum absolute atomic E-state index is 12.3. The number of likely N-dealkylation sites (N-methyl/N-ethyl adjacent to an activating group) is 1. The van der Waals surface area contributed by atoms with Crippen LogP contribution in [0.15, 0.2) is 24.3 Å². The first-order chi connectivity index (χ1) is 7.30. The highest BCUT2D eigenvalue weighted by Gasteiger charge is 2.30. The topological polar surface area (TPSA) is 23.5 Å². The number of hydrogen-bond acceptors (Lipinski definition) is 2. The van der Waals surface area contributed by atoms with Gasteiger partial charge in [-0.25, -0.2) is 0 Å². The smallest absolute Gasteiger partial charge is 0.392 e. The van der Waals surface area contributed by atoms with Gasteiger partial charge in [-0.1, -0.05) is 0 Å². The largest absolute Gasteiger partial charge is 0.416 e. The highest BCUT2D eigenvalue weighted by molar-refractivity contribution is 5.47. The summed E-state index contributed by atoms with van der Waals surface area (Å²) in [7, 11) is 1.72. The second kappa shape index (κ2) is 4.74. The summed E-state index contributed by atoms with van der Waals surface area (Å²) in [5.41, 5.74) is -0.0180. The third-order valence-corrected chi connectivity index (χ3v) is 2.17. The average molecular weight is 233 g/mol. The number of halogens is 3. The zero-order valence-corrected chi connectivity index (χ0v) is 9.12. The quantitative estimate of drug-likeness (QED) is 0.867. The Labute approximate surface area is 92.3 Å². The summed E-state index contributed by atoms with van der Waals surface area (Å²) >= 11 is 0. The SMILES string of the molecule is CC(O)CN(C)c1ccc(C(F)(F)F)cc1. The van der Waals surface area contributed by atoms with E-state index in [-0.39, 0.29) is 0 Å². The van der Waals surface area contributed by atoms with Gasteiger partial charge in [-0.05, 0) is 31.2 Å². The van der Waals surface area contributed by atoms with Crippen LogP contribution in [-0.4, -0.2) is 24.8 Å². The number of alkyl halides is 3. The minimum atomic E-state index is -4.30. The van der Waals surface area contributed by atoms with E-state index in [1.807, 2.05) is 0 Å². The Morgan fingerprint density at radius 1 is 1.25 bits per heavy atom. The van der Waals surface area contributed by atoms with Gasteiger partial charge < -0.3 is 10.0 Å². The van der Waals surface area contributed by atoms with Crippen LogP contribution < -0.4 is 4.90 Å². The zero-order valence-electron chi connectivity index (χ0n) is 9.12. The molecular formula is C11H14F3NO. The summed E-state index contributed by atoms with van der Waals surface area (Å²) < 4.78 is 36.8. The van der Waals surface area contributed by atoms with Gasteiger partial charge in [0.1, 0.15) is 0 Å². The lowest BCUT2D eigenvalue weighted by Gasteiger charge is -2.21. The third kappa shape index (κ3) is 3.41. The fourth-order valence-electron chi connectivity index (χ4n) is 1.41. The molecule has 1 rings (SSSR count). The molecule has 0 spiro atoms. The van der Waals surface area contributed by atoms with Gasteiger partial charge in [0.05, 0.1) is 11.7 Å². The van der Waals surface area contributed by atoms with E-state index in [2.05, 4.69) is 0 Å². The molecule has 0 amide bonds. The molecule has 0 bridgehead atoms. The Morgan fingerprint density at radius 3 is 2.12 bits per heavy atom. The molecule has 1 aromatic rings. The molecule has 0 radical (unpaired) electrons. The zero-order chi connectivity index (χ0) is 12.3. The van der Waals surface area contributed by atoms with Crippen molar-refractivity contribution in [2.45, 2.75) is 19.2 Å². The molecule has 0 saturated heterocycles. The Hall–Kier alpha value is -1.23. The summed E-state index contributed by atoms with van der Waals surface area (Å²) in [5.74, 6) is 0. The van der Waals surface area contributed by atoms with Crippen molar-refractivity contribution >= 4 is 5.69 Å². The van der Waals surface area contributed by atoms with Gasteiger partial charge in [0.2, 0.25) is 0 Å². The molecule has 0 aliphatic heterocycles. The molecule has 0 heterocycles. The number of rotatable bonds is 3. The van der Waals surface area contributed by atoms with E-state index < -0.39 is 17.8 Å². The van der Waals surface area contributed by atoms with Crippen molar-refractivity contribution in [3.63, 3.8) is 0 Å². The van der Waals surface area contributed by atoms with E-state index in [1.165, 1.54) is 12.1 Å². The lowest BCUT2D eigenvalue weighted by Crippen LogP contribution is -2.26. The minimum Gasteiger partial charge on any atom is -0.392 e. The first kappa shape index (κ1) is 12.8. The van der Waals surface area contributed by atoms with Crippen molar-refractivity contribution in [2.24, 2.45) is 0 Å². The number of aliphatic hydroxyl groups excluding tert-OH is 1. The highest BCUT2D eigenvalue weighted by Crippen LogP contribution is 2.30. The Morgan fingerprint density at radius 2 is 1.75 bits per heavy atom. The normalized spacial score (nSPS) is 13.6. The van der Waals surface area contributed by atoms with Gasteiger partial charge in [-0.15, -0.1) is 0 Å². The van der Waals surface area contributed by atoms with Crippen LogP contribution in [0.1, 0.15) is 12.5 Å². The summed E-state index contributed by atoms with van der Waals surface area (Å²) in [6.07, 6.45) is -4.83. The molecule has 0 aliphatic carbocycles. The molecule has 0 aromatic heterocycles. The van der Waals surface area contributed by atoms with Crippen molar-refractivity contribution in [1.29, 1.82) is 0 Å². The molecule has 1 unspecified atom stereocenters. The van der Waals surface area contributed by atoms with Crippen LogP contribution in [0.2, 0.25) is 0 Å². The number of aliphatic hydroxyl groups is 1. The van der Waals surface area contributed by atoms with Gasteiger partial charge in [0.15, 0.2) is 0 Å². The van der Waals surface area contributed by atoms with Gasteiger partial charge in [0, 0.05) is 19.3 Å². The summed E-state index contributed by atoms with van der Waals surface area (Å²) in [6.45, 7) is 2.01. The Kier molecular flexibility index (Phi) is 3.80. The number of benzene rings is 1.